The Kier molecular flexibility index (Phi) is 6.82. The second kappa shape index (κ2) is 10.9. The summed E-state index contributed by atoms with van der Waals surface area (Å²) in [5, 5.41) is 11.3. The fourth-order valence-corrected chi connectivity index (χ4v) is 11.8. The van der Waals surface area contributed by atoms with E-state index < -0.39 is 15.8 Å². The maximum atomic E-state index is 2.49. The fraction of sp³-hybridized carbons (Fsp3) is 0. The van der Waals surface area contributed by atoms with Crippen molar-refractivity contribution in [2.45, 2.75) is 0 Å². The minimum atomic E-state index is -1.11. The van der Waals surface area contributed by atoms with E-state index in [4.69, 9.17) is 0 Å². The number of thiophene rings is 1. The molecule has 0 N–H and O–H groups in total. The molecule has 0 spiro atoms. The maximum absolute atomic E-state index is 2.49. The highest BCUT2D eigenvalue weighted by atomic mass is 32.1. The van der Waals surface area contributed by atoms with E-state index in [9.17, 15) is 0 Å². The lowest BCUT2D eigenvalue weighted by Crippen LogP contribution is -2.20. The highest BCUT2D eigenvalue weighted by molar-refractivity contribution is 7.80. The van der Waals surface area contributed by atoms with Crippen molar-refractivity contribution >= 4 is 79.2 Å². The molecule has 0 fully saturated rings. The zero-order chi connectivity index (χ0) is 26.0. The van der Waals surface area contributed by atoms with Gasteiger partial charge in [-0.3, -0.25) is 0 Å². The summed E-state index contributed by atoms with van der Waals surface area (Å²) >= 11 is 1.91. The van der Waals surface area contributed by atoms with Gasteiger partial charge in [-0.2, -0.15) is 0 Å². The Hall–Kier alpha value is -3.60. The zero-order valence-corrected chi connectivity index (χ0v) is 24.2. The Morgan fingerprint density at radius 3 is 0.923 bits per heavy atom. The molecule has 0 atom stereocenters. The van der Waals surface area contributed by atoms with Gasteiger partial charge in [0.15, 0.2) is 0 Å². The first-order chi connectivity index (χ1) is 19.3. The van der Waals surface area contributed by atoms with Crippen molar-refractivity contribution in [3.05, 3.63) is 158 Å². The van der Waals surface area contributed by atoms with Crippen LogP contribution in [0.2, 0.25) is 0 Å². The maximum Gasteiger partial charge on any atom is 0.103 e. The summed E-state index contributed by atoms with van der Waals surface area (Å²) in [4.78, 5) is 0. The third-order valence-corrected chi connectivity index (χ3v) is 13.9. The number of rotatable bonds is 6. The average molecular weight is 555 g/mol. The molecule has 1 aromatic heterocycles. The Labute approximate surface area is 236 Å². The monoisotopic (exact) mass is 554 g/mol. The van der Waals surface area contributed by atoms with Gasteiger partial charge in [-0.25, -0.2) is 0 Å². The quantitative estimate of drug-likeness (QED) is 0.194. The van der Waals surface area contributed by atoms with Gasteiger partial charge in [0.05, 0.1) is 15.8 Å². The number of hydrogen-bond acceptors (Lipinski definition) is 1. The van der Waals surface area contributed by atoms with Gasteiger partial charge in [0, 0.05) is 20.2 Å². The van der Waals surface area contributed by atoms with Crippen molar-refractivity contribution in [2.75, 3.05) is 0 Å². The Bertz CT molecular complexity index is 1630. The summed E-state index contributed by atoms with van der Waals surface area (Å²) in [6, 6.07) is 58.6. The summed E-state index contributed by atoms with van der Waals surface area (Å²) in [5.41, 5.74) is 0. The van der Waals surface area contributed by atoms with Crippen molar-refractivity contribution in [3.63, 3.8) is 0 Å². The van der Waals surface area contributed by atoms with E-state index in [1.165, 1.54) is 52.0 Å². The highest BCUT2D eigenvalue weighted by Crippen LogP contribution is 2.40. The minimum absolute atomic E-state index is 1.11. The summed E-state index contributed by atoms with van der Waals surface area (Å²) in [7, 11) is -2.23. The second-order valence-corrected chi connectivity index (χ2v) is 15.8. The molecule has 186 valence electrons. The van der Waals surface area contributed by atoms with Crippen molar-refractivity contribution in [2.24, 2.45) is 0 Å². The lowest BCUT2D eigenvalue weighted by molar-refractivity contribution is 1.75. The number of hydrogen-bond donors (Lipinski definition) is 0. The molecule has 0 radical (unpaired) electrons. The molecule has 0 nitrogen and oxygen atoms in total. The van der Waals surface area contributed by atoms with Crippen LogP contribution < -0.4 is 31.8 Å². The molecule has 0 saturated carbocycles. The molecule has 0 bridgehead atoms. The molecule has 0 saturated heterocycles. The molecule has 39 heavy (non-hydrogen) atoms. The van der Waals surface area contributed by atoms with Gasteiger partial charge in [0.25, 0.3) is 0 Å². The second-order valence-electron chi connectivity index (χ2n) is 9.74. The molecule has 6 aromatic carbocycles. The van der Waals surface area contributed by atoms with Gasteiger partial charge >= 0.3 is 0 Å². The Morgan fingerprint density at radius 2 is 0.615 bits per heavy atom. The molecule has 7 rings (SSSR count). The van der Waals surface area contributed by atoms with Crippen LogP contribution in [0.3, 0.4) is 0 Å². The summed E-state index contributed by atoms with van der Waals surface area (Å²) in [6.07, 6.45) is 0. The van der Waals surface area contributed by atoms with E-state index in [1.807, 2.05) is 11.3 Å². The predicted molar refractivity (Wildman–Crippen MR) is 180 cm³/mol. The van der Waals surface area contributed by atoms with Gasteiger partial charge in [0.1, 0.15) is 31.8 Å². The first kappa shape index (κ1) is 24.4. The van der Waals surface area contributed by atoms with Gasteiger partial charge in [-0.1, -0.05) is 72.8 Å². The lowest BCUT2D eigenvalue weighted by atomic mass is 10.1. The van der Waals surface area contributed by atoms with Crippen LogP contribution in [0, 0.1) is 0 Å². The van der Waals surface area contributed by atoms with Crippen LogP contribution in [0.25, 0.3) is 20.2 Å². The number of benzene rings is 6. The molecule has 7 aromatic rings. The van der Waals surface area contributed by atoms with Crippen LogP contribution in [0.15, 0.2) is 158 Å². The van der Waals surface area contributed by atoms with Crippen molar-refractivity contribution in [1.82, 2.24) is 0 Å². The summed E-state index contributed by atoms with van der Waals surface area (Å²) in [5.74, 6) is 0. The Balaban J connectivity index is 1.40. The van der Waals surface area contributed by atoms with Crippen LogP contribution in [0.4, 0.5) is 0 Å². The zero-order valence-electron chi connectivity index (χ0n) is 21.4. The predicted octanol–water partition coefficient (Wildman–Crippen LogP) is 7.04. The first-order valence-electron chi connectivity index (χ1n) is 13.3. The normalized spacial score (nSPS) is 11.5. The van der Waals surface area contributed by atoms with Crippen molar-refractivity contribution in [3.8, 4) is 0 Å². The smallest absolute Gasteiger partial charge is 0.103 e. The van der Waals surface area contributed by atoms with E-state index in [0.717, 1.165) is 0 Å². The topological polar surface area (TPSA) is 0 Å². The summed E-state index contributed by atoms with van der Waals surface area (Å²) < 4.78 is 2.73. The molecule has 0 amide bonds. The molecule has 0 unspecified atom stereocenters. The fourth-order valence-electron chi connectivity index (χ4n) is 5.51. The Morgan fingerprint density at radius 1 is 0.308 bits per heavy atom. The molecular formula is C36H28P2S+2. The third kappa shape index (κ3) is 4.84. The van der Waals surface area contributed by atoms with Crippen LogP contribution in [-0.2, 0) is 0 Å². The minimum Gasteiger partial charge on any atom is -0.135 e. The van der Waals surface area contributed by atoms with Gasteiger partial charge < -0.3 is 0 Å². The van der Waals surface area contributed by atoms with Crippen LogP contribution in [-0.4, -0.2) is 0 Å². The third-order valence-electron chi connectivity index (χ3n) is 7.30. The van der Waals surface area contributed by atoms with Gasteiger partial charge in [-0.15, -0.1) is 11.3 Å². The lowest BCUT2D eigenvalue weighted by Gasteiger charge is -2.12. The van der Waals surface area contributed by atoms with Crippen LogP contribution in [0.5, 0.6) is 0 Å². The number of fused-ring (bicyclic) bond motifs is 3. The van der Waals surface area contributed by atoms with Crippen molar-refractivity contribution in [1.29, 1.82) is 0 Å². The van der Waals surface area contributed by atoms with E-state index >= 15 is 0 Å². The SMILES string of the molecule is c1ccc([PH+](c2ccccc2)c2ccc3sc4ccc([PH+](c5ccccc5)c5ccccc5)cc4c3c2)cc1. The van der Waals surface area contributed by atoms with Crippen LogP contribution in [0.1, 0.15) is 0 Å². The van der Waals surface area contributed by atoms with E-state index in [-0.39, 0.29) is 0 Å². The molecule has 3 heteroatoms. The first-order valence-corrected chi connectivity index (χ1v) is 17.1. The van der Waals surface area contributed by atoms with Gasteiger partial charge in [0.2, 0.25) is 0 Å². The standard InChI is InChI=1S/C36H26P2S/c1-5-13-27(14-6-1)37(28-15-7-2-8-16-28)31-21-23-35-33(25-31)34-26-32(22-24-36(34)39-35)38(29-17-9-3-10-18-29)30-19-11-4-12-20-30/h1-26H/p+2. The van der Waals surface area contributed by atoms with Crippen LogP contribution >= 0.6 is 27.2 Å². The van der Waals surface area contributed by atoms with E-state index in [0.29, 0.717) is 0 Å². The van der Waals surface area contributed by atoms with E-state index in [2.05, 4.69) is 158 Å². The molecule has 0 aliphatic carbocycles. The molecule has 0 aliphatic rings. The van der Waals surface area contributed by atoms with Crippen molar-refractivity contribution < 1.29 is 0 Å². The average Bonchev–Trinajstić information content (AvgIpc) is 3.37. The highest BCUT2D eigenvalue weighted by Gasteiger charge is 2.28. The molecule has 1 heterocycles. The van der Waals surface area contributed by atoms with E-state index in [1.54, 1.807) is 0 Å². The molecular weight excluding hydrogens is 526 g/mol. The molecule has 0 aliphatic heterocycles. The largest absolute Gasteiger partial charge is 0.135 e. The summed E-state index contributed by atoms with van der Waals surface area (Å²) in [6.45, 7) is 0. The van der Waals surface area contributed by atoms with Gasteiger partial charge in [-0.05, 0) is 84.9 Å².